The van der Waals surface area contributed by atoms with E-state index < -0.39 is 40.8 Å². The molecule has 3 heterocycles. The van der Waals surface area contributed by atoms with Gasteiger partial charge in [-0.05, 0) is 31.1 Å². The maximum absolute atomic E-state index is 13.2. The smallest absolute Gasteiger partial charge is 0.312 e. The van der Waals surface area contributed by atoms with E-state index in [-0.39, 0.29) is 25.2 Å². The van der Waals surface area contributed by atoms with Crippen molar-refractivity contribution in [1.29, 1.82) is 0 Å². The van der Waals surface area contributed by atoms with Crippen LogP contribution in [0.15, 0.2) is 42.5 Å². The lowest BCUT2D eigenvalue weighted by Gasteiger charge is -2.45. The summed E-state index contributed by atoms with van der Waals surface area (Å²) in [7, 11) is 1.31. The number of benzene rings is 1. The van der Waals surface area contributed by atoms with Gasteiger partial charge in [0.2, 0.25) is 17.2 Å². The highest BCUT2D eigenvalue weighted by Gasteiger charge is 2.84. The van der Waals surface area contributed by atoms with Gasteiger partial charge in [0.05, 0.1) is 25.4 Å². The van der Waals surface area contributed by atoms with E-state index in [2.05, 4.69) is 0 Å². The maximum atomic E-state index is 13.2. The molecule has 0 aromatic heterocycles. The van der Waals surface area contributed by atoms with Crippen LogP contribution in [-0.4, -0.2) is 66.7 Å². The summed E-state index contributed by atoms with van der Waals surface area (Å²) < 4.78 is 35.1. The Kier molecular flexibility index (Phi) is 5.49. The highest BCUT2D eigenvalue weighted by atomic mass is 16.8. The molecule has 0 radical (unpaired) electrons. The Morgan fingerprint density at radius 2 is 1.82 bits per heavy atom. The van der Waals surface area contributed by atoms with Crippen LogP contribution in [0.5, 0.6) is 0 Å². The average molecular weight is 458 g/mol. The third kappa shape index (κ3) is 3.22. The zero-order chi connectivity index (χ0) is 23.3. The van der Waals surface area contributed by atoms with Crippen molar-refractivity contribution < 1.29 is 42.8 Å². The quantitative estimate of drug-likeness (QED) is 0.588. The van der Waals surface area contributed by atoms with E-state index in [0.29, 0.717) is 19.4 Å². The van der Waals surface area contributed by atoms with Crippen LogP contribution in [0.3, 0.4) is 0 Å². The molecule has 4 aliphatic rings. The molecule has 3 aliphatic heterocycles. The number of rotatable bonds is 6. The number of hydrogen-bond donors (Lipinski definition) is 0. The minimum atomic E-state index is -2.05. The van der Waals surface area contributed by atoms with Crippen molar-refractivity contribution >= 4 is 17.5 Å². The van der Waals surface area contributed by atoms with Gasteiger partial charge >= 0.3 is 5.97 Å². The Morgan fingerprint density at radius 1 is 1.06 bits per heavy atom. The number of methoxy groups -OCH3 is 1. The Labute approximate surface area is 190 Å². The fraction of sp³-hybridized carbons (Fsp3) is 0.542. The van der Waals surface area contributed by atoms with Gasteiger partial charge in [-0.1, -0.05) is 30.3 Å². The van der Waals surface area contributed by atoms with E-state index in [9.17, 15) is 14.4 Å². The molecule has 3 saturated heterocycles. The third-order valence-corrected chi connectivity index (χ3v) is 6.93. The molecule has 3 unspecified atom stereocenters. The standard InChI is InChI=1S/C24H26O9/c1-15-17(29-13-16-6-4-3-5-7-16)8-11-21(31-15)33-22-14-30-23(28-2)12-20(27)32-24(22,23)19(26)10-9-18(22)25/h3-7,9-10,15,17,21H,8,11-14H2,1-2H3/t15?,17?,21?,22-,23+,24+/m1/s1. The predicted molar refractivity (Wildman–Crippen MR) is 111 cm³/mol. The number of ketones is 2. The monoisotopic (exact) mass is 458 g/mol. The SMILES string of the molecule is CO[C@]12CC(=O)O[C@]13C(=O)C=CC(=O)[C@]3(OC1CCC(OCc3ccccc3)C(C)O1)CO2. The first kappa shape index (κ1) is 22.4. The molecule has 1 spiro atoms. The first-order chi connectivity index (χ1) is 15.9. The molecule has 0 bridgehead atoms. The zero-order valence-electron chi connectivity index (χ0n) is 18.5. The lowest BCUT2D eigenvalue weighted by Crippen LogP contribution is -2.72. The second kappa shape index (κ2) is 8.11. The summed E-state index contributed by atoms with van der Waals surface area (Å²) in [4.78, 5) is 38.5. The highest BCUT2D eigenvalue weighted by Crippen LogP contribution is 2.57. The highest BCUT2D eigenvalue weighted by molar-refractivity contribution is 6.17. The van der Waals surface area contributed by atoms with Crippen LogP contribution in [-0.2, 0) is 49.4 Å². The zero-order valence-corrected chi connectivity index (χ0v) is 18.5. The van der Waals surface area contributed by atoms with Crippen molar-refractivity contribution in [3.8, 4) is 0 Å². The van der Waals surface area contributed by atoms with E-state index in [1.807, 2.05) is 37.3 Å². The molecule has 1 aliphatic carbocycles. The molecule has 176 valence electrons. The minimum Gasteiger partial charge on any atom is -0.441 e. The number of ether oxygens (including phenoxy) is 6. The summed E-state index contributed by atoms with van der Waals surface area (Å²) in [6.45, 7) is 2.02. The summed E-state index contributed by atoms with van der Waals surface area (Å²) in [5, 5.41) is 0. The van der Waals surface area contributed by atoms with E-state index in [1.165, 1.54) is 7.11 Å². The first-order valence-electron chi connectivity index (χ1n) is 11.0. The Bertz CT molecular complexity index is 991. The number of esters is 1. The molecule has 0 saturated carbocycles. The fourth-order valence-corrected chi connectivity index (χ4v) is 5.23. The molecule has 6 atom stereocenters. The van der Waals surface area contributed by atoms with Crippen LogP contribution in [0.1, 0.15) is 31.7 Å². The van der Waals surface area contributed by atoms with Gasteiger partial charge in [-0.15, -0.1) is 0 Å². The molecule has 1 aromatic carbocycles. The predicted octanol–water partition coefficient (Wildman–Crippen LogP) is 1.62. The van der Waals surface area contributed by atoms with Crippen LogP contribution < -0.4 is 0 Å². The first-order valence-corrected chi connectivity index (χ1v) is 11.0. The molecule has 33 heavy (non-hydrogen) atoms. The van der Waals surface area contributed by atoms with E-state index >= 15 is 0 Å². The van der Waals surface area contributed by atoms with Crippen molar-refractivity contribution in [2.45, 2.75) is 68.3 Å². The second-order valence-electron chi connectivity index (χ2n) is 8.77. The van der Waals surface area contributed by atoms with Gasteiger partial charge in [-0.2, -0.15) is 0 Å². The lowest BCUT2D eigenvalue weighted by atomic mass is 9.70. The van der Waals surface area contributed by atoms with Crippen molar-refractivity contribution in [1.82, 2.24) is 0 Å². The molecule has 5 rings (SSSR count). The third-order valence-electron chi connectivity index (χ3n) is 6.93. The van der Waals surface area contributed by atoms with E-state index in [4.69, 9.17) is 28.4 Å². The molecule has 0 amide bonds. The maximum Gasteiger partial charge on any atom is 0.312 e. The molecule has 1 aromatic rings. The van der Waals surface area contributed by atoms with Crippen molar-refractivity contribution in [3.63, 3.8) is 0 Å². The van der Waals surface area contributed by atoms with Crippen molar-refractivity contribution in [3.05, 3.63) is 48.0 Å². The van der Waals surface area contributed by atoms with Gasteiger partial charge < -0.3 is 28.4 Å². The Hall–Kier alpha value is -2.43. The van der Waals surface area contributed by atoms with E-state index in [0.717, 1.165) is 17.7 Å². The Morgan fingerprint density at radius 3 is 2.55 bits per heavy atom. The van der Waals surface area contributed by atoms with Crippen LogP contribution >= 0.6 is 0 Å². The number of carbonyl (C=O) groups excluding carboxylic acids is 3. The molecular weight excluding hydrogens is 432 g/mol. The van der Waals surface area contributed by atoms with Gasteiger partial charge in [0.15, 0.2) is 12.1 Å². The van der Waals surface area contributed by atoms with Gasteiger partial charge in [0.25, 0.3) is 5.60 Å². The summed E-state index contributed by atoms with van der Waals surface area (Å²) in [6, 6.07) is 9.83. The van der Waals surface area contributed by atoms with E-state index in [1.54, 1.807) is 0 Å². The summed E-state index contributed by atoms with van der Waals surface area (Å²) in [6.07, 6.45) is 1.62. The minimum absolute atomic E-state index is 0.165. The normalized spacial score (nSPS) is 39.9. The molecule has 9 nitrogen and oxygen atoms in total. The van der Waals surface area contributed by atoms with Crippen molar-refractivity contribution in [2.24, 2.45) is 0 Å². The molecule has 0 N–H and O–H groups in total. The average Bonchev–Trinajstić information content (AvgIpc) is 3.26. The number of carbonyl (C=O) groups is 3. The number of hydrogen-bond acceptors (Lipinski definition) is 9. The topological polar surface area (TPSA) is 107 Å². The van der Waals surface area contributed by atoms with Crippen LogP contribution in [0.25, 0.3) is 0 Å². The van der Waals surface area contributed by atoms with Crippen LogP contribution in [0.4, 0.5) is 0 Å². The van der Waals surface area contributed by atoms with Gasteiger partial charge in [0, 0.05) is 13.5 Å². The van der Waals surface area contributed by atoms with Gasteiger partial charge in [-0.3, -0.25) is 14.4 Å². The van der Waals surface area contributed by atoms with Gasteiger partial charge in [0.1, 0.15) is 6.42 Å². The summed E-state index contributed by atoms with van der Waals surface area (Å²) in [5.41, 5.74) is -2.88. The summed E-state index contributed by atoms with van der Waals surface area (Å²) >= 11 is 0. The molecular formula is C24H26O9. The van der Waals surface area contributed by atoms with Crippen molar-refractivity contribution in [2.75, 3.05) is 13.7 Å². The largest absolute Gasteiger partial charge is 0.441 e. The summed E-state index contributed by atoms with van der Waals surface area (Å²) in [5.74, 6) is -3.58. The second-order valence-corrected chi connectivity index (χ2v) is 8.77. The Balaban J connectivity index is 1.34. The molecule has 9 heteroatoms. The fourth-order valence-electron chi connectivity index (χ4n) is 5.23. The lowest BCUT2D eigenvalue weighted by molar-refractivity contribution is -0.289. The van der Waals surface area contributed by atoms with Gasteiger partial charge in [-0.25, -0.2) is 0 Å². The van der Waals surface area contributed by atoms with Crippen LogP contribution in [0.2, 0.25) is 0 Å². The van der Waals surface area contributed by atoms with Crippen LogP contribution in [0, 0.1) is 0 Å². The molecule has 3 fully saturated rings.